The lowest BCUT2D eigenvalue weighted by molar-refractivity contribution is 0.0432. The number of aliphatic hydroxyl groups is 1. The number of fused-ring (bicyclic) bond motifs is 1. The number of hydrogen-bond acceptors (Lipinski definition) is 4. The number of ether oxygens (including phenoxy) is 1. The topological polar surface area (TPSA) is 44.7 Å². The number of aliphatic hydroxyl groups excluding tert-OH is 1. The van der Waals surface area contributed by atoms with Gasteiger partial charge in [-0.1, -0.05) is 37.1 Å². The molecule has 3 unspecified atom stereocenters. The number of nitrogens with zero attached hydrogens (tertiary/aromatic N) is 1. The van der Waals surface area contributed by atoms with Crippen LogP contribution in [-0.4, -0.2) is 55.9 Å². The summed E-state index contributed by atoms with van der Waals surface area (Å²) in [6, 6.07) is 13.8. The molecule has 0 spiro atoms. The number of nitrogens with one attached hydrogen (secondary N) is 1. The minimum absolute atomic E-state index is 0.171. The standard InChI is InChI=1S/C25H36N2O2/c1-26-21-11-13-27(14-12-21)17-24(23-5-3-4-6-25(23)28)20-8-7-19-16-22(29-2)10-9-18(19)15-20/h7-10,15-16,21,23-26,28H,3-6,11-14,17H2,1-2H3. The van der Waals surface area contributed by atoms with Crippen molar-refractivity contribution in [2.24, 2.45) is 5.92 Å². The van der Waals surface area contributed by atoms with Gasteiger partial charge in [0.1, 0.15) is 5.75 Å². The van der Waals surface area contributed by atoms with Crippen LogP contribution in [0.15, 0.2) is 36.4 Å². The first kappa shape index (κ1) is 20.6. The summed E-state index contributed by atoms with van der Waals surface area (Å²) in [5.41, 5.74) is 1.38. The Kier molecular flexibility index (Phi) is 6.74. The van der Waals surface area contributed by atoms with Gasteiger partial charge in [0, 0.05) is 18.5 Å². The molecule has 0 radical (unpaired) electrons. The van der Waals surface area contributed by atoms with Gasteiger partial charge in [-0.15, -0.1) is 0 Å². The summed E-state index contributed by atoms with van der Waals surface area (Å²) in [6.45, 7) is 3.35. The van der Waals surface area contributed by atoms with Crippen LogP contribution >= 0.6 is 0 Å². The van der Waals surface area contributed by atoms with E-state index in [9.17, 15) is 5.11 Å². The average Bonchev–Trinajstić information content (AvgIpc) is 2.78. The van der Waals surface area contributed by atoms with Crippen LogP contribution in [0.4, 0.5) is 0 Å². The van der Waals surface area contributed by atoms with E-state index < -0.39 is 0 Å². The van der Waals surface area contributed by atoms with Gasteiger partial charge in [0.15, 0.2) is 0 Å². The molecule has 1 saturated carbocycles. The van der Waals surface area contributed by atoms with Crippen molar-refractivity contribution in [1.29, 1.82) is 0 Å². The fourth-order valence-corrected chi connectivity index (χ4v) is 5.38. The number of benzene rings is 2. The van der Waals surface area contributed by atoms with Crippen molar-refractivity contribution in [3.8, 4) is 5.75 Å². The first-order chi connectivity index (χ1) is 14.2. The Morgan fingerprint density at radius 3 is 2.48 bits per heavy atom. The van der Waals surface area contributed by atoms with E-state index in [1.54, 1.807) is 7.11 Å². The van der Waals surface area contributed by atoms with Gasteiger partial charge in [0.05, 0.1) is 13.2 Å². The monoisotopic (exact) mass is 396 g/mol. The van der Waals surface area contributed by atoms with Crippen LogP contribution in [0.2, 0.25) is 0 Å². The van der Waals surface area contributed by atoms with Crippen molar-refractivity contribution in [3.05, 3.63) is 42.0 Å². The summed E-state index contributed by atoms with van der Waals surface area (Å²) in [7, 11) is 3.79. The molecule has 1 heterocycles. The second kappa shape index (κ2) is 9.46. The maximum atomic E-state index is 10.8. The molecule has 3 atom stereocenters. The van der Waals surface area contributed by atoms with Gasteiger partial charge in [0.25, 0.3) is 0 Å². The molecule has 158 valence electrons. The summed E-state index contributed by atoms with van der Waals surface area (Å²) >= 11 is 0. The largest absolute Gasteiger partial charge is 0.497 e. The molecule has 2 aromatic carbocycles. The lowest BCUT2D eigenvalue weighted by Crippen LogP contribution is -2.44. The second-order valence-corrected chi connectivity index (χ2v) is 8.96. The van der Waals surface area contributed by atoms with Crippen LogP contribution in [0, 0.1) is 5.92 Å². The third kappa shape index (κ3) is 4.76. The van der Waals surface area contributed by atoms with E-state index in [-0.39, 0.29) is 6.10 Å². The van der Waals surface area contributed by atoms with Gasteiger partial charge < -0.3 is 20.1 Å². The summed E-state index contributed by atoms with van der Waals surface area (Å²) < 4.78 is 5.38. The number of likely N-dealkylation sites (tertiary alicyclic amines) is 1. The van der Waals surface area contributed by atoms with Crippen molar-refractivity contribution in [2.75, 3.05) is 33.8 Å². The van der Waals surface area contributed by atoms with Crippen molar-refractivity contribution in [1.82, 2.24) is 10.2 Å². The zero-order chi connectivity index (χ0) is 20.2. The first-order valence-electron chi connectivity index (χ1n) is 11.3. The van der Waals surface area contributed by atoms with Crippen molar-refractivity contribution in [2.45, 2.75) is 56.6 Å². The fraction of sp³-hybridized carbons (Fsp3) is 0.600. The lowest BCUT2D eigenvalue weighted by Gasteiger charge is -2.40. The Balaban J connectivity index is 1.60. The van der Waals surface area contributed by atoms with E-state index in [0.29, 0.717) is 17.9 Å². The van der Waals surface area contributed by atoms with Crippen molar-refractivity contribution < 1.29 is 9.84 Å². The molecule has 2 aromatic rings. The summed E-state index contributed by atoms with van der Waals surface area (Å²) in [5, 5.41) is 16.7. The molecule has 0 aromatic heterocycles. The van der Waals surface area contributed by atoms with Crippen LogP contribution in [0.1, 0.15) is 50.0 Å². The predicted octanol–water partition coefficient (Wildman–Crippen LogP) is 4.17. The van der Waals surface area contributed by atoms with E-state index in [1.807, 2.05) is 6.07 Å². The van der Waals surface area contributed by atoms with Gasteiger partial charge in [0.2, 0.25) is 0 Å². The Bertz CT molecular complexity index is 801. The van der Waals surface area contributed by atoms with Crippen LogP contribution in [0.3, 0.4) is 0 Å². The molecule has 4 rings (SSSR count). The van der Waals surface area contributed by atoms with E-state index in [2.05, 4.69) is 47.6 Å². The second-order valence-electron chi connectivity index (χ2n) is 8.96. The van der Waals surface area contributed by atoms with E-state index in [4.69, 9.17) is 4.74 Å². The van der Waals surface area contributed by atoms with Gasteiger partial charge >= 0.3 is 0 Å². The van der Waals surface area contributed by atoms with E-state index in [0.717, 1.165) is 44.6 Å². The van der Waals surface area contributed by atoms with Gasteiger partial charge in [-0.2, -0.15) is 0 Å². The van der Waals surface area contributed by atoms with Crippen molar-refractivity contribution >= 4 is 10.8 Å². The van der Waals surface area contributed by atoms with Crippen molar-refractivity contribution in [3.63, 3.8) is 0 Å². The summed E-state index contributed by atoms with van der Waals surface area (Å²) in [4.78, 5) is 2.62. The summed E-state index contributed by atoms with van der Waals surface area (Å²) in [6.07, 6.45) is 6.75. The number of rotatable bonds is 6. The Labute approximate surface area is 175 Å². The molecule has 0 amide bonds. The molecule has 1 saturated heterocycles. The molecule has 2 fully saturated rings. The molecular formula is C25H36N2O2. The number of methoxy groups -OCH3 is 1. The molecule has 1 aliphatic heterocycles. The van der Waals surface area contributed by atoms with E-state index >= 15 is 0 Å². The SMILES string of the molecule is CNC1CCN(CC(c2ccc3cc(OC)ccc3c2)C2CCCCC2O)CC1. The minimum atomic E-state index is -0.171. The Morgan fingerprint density at radius 2 is 1.76 bits per heavy atom. The van der Waals surface area contributed by atoms with Crippen LogP contribution in [0.5, 0.6) is 5.75 Å². The molecule has 2 N–H and O–H groups in total. The highest BCUT2D eigenvalue weighted by Gasteiger charge is 2.33. The highest BCUT2D eigenvalue weighted by atomic mass is 16.5. The summed E-state index contributed by atoms with van der Waals surface area (Å²) in [5.74, 6) is 1.65. The highest BCUT2D eigenvalue weighted by Crippen LogP contribution is 2.38. The van der Waals surface area contributed by atoms with Crippen LogP contribution in [0.25, 0.3) is 10.8 Å². The molecule has 4 nitrogen and oxygen atoms in total. The fourth-order valence-electron chi connectivity index (χ4n) is 5.38. The maximum absolute atomic E-state index is 10.8. The molecule has 1 aliphatic carbocycles. The lowest BCUT2D eigenvalue weighted by atomic mass is 9.74. The molecule has 29 heavy (non-hydrogen) atoms. The Hall–Kier alpha value is -1.62. The number of hydrogen-bond donors (Lipinski definition) is 2. The van der Waals surface area contributed by atoms with E-state index in [1.165, 1.54) is 35.6 Å². The van der Waals surface area contributed by atoms with Crippen LogP contribution in [-0.2, 0) is 0 Å². The normalized spacial score (nSPS) is 25.2. The van der Waals surface area contributed by atoms with Gasteiger partial charge in [-0.3, -0.25) is 0 Å². The average molecular weight is 397 g/mol. The predicted molar refractivity (Wildman–Crippen MR) is 120 cm³/mol. The van der Waals surface area contributed by atoms with Gasteiger partial charge in [-0.05, 0) is 80.2 Å². The number of piperidine rings is 1. The third-order valence-corrected chi connectivity index (χ3v) is 7.25. The van der Waals surface area contributed by atoms with Gasteiger partial charge in [-0.25, -0.2) is 0 Å². The quantitative estimate of drug-likeness (QED) is 0.769. The Morgan fingerprint density at radius 1 is 1.03 bits per heavy atom. The smallest absolute Gasteiger partial charge is 0.119 e. The molecular weight excluding hydrogens is 360 g/mol. The molecule has 0 bridgehead atoms. The highest BCUT2D eigenvalue weighted by molar-refractivity contribution is 5.84. The third-order valence-electron chi connectivity index (χ3n) is 7.25. The first-order valence-corrected chi connectivity index (χ1v) is 11.3. The molecule has 4 heteroatoms. The zero-order valence-corrected chi connectivity index (χ0v) is 17.9. The molecule has 2 aliphatic rings. The minimum Gasteiger partial charge on any atom is -0.497 e. The van der Waals surface area contributed by atoms with Crippen LogP contribution < -0.4 is 10.1 Å². The maximum Gasteiger partial charge on any atom is 0.119 e. The zero-order valence-electron chi connectivity index (χ0n) is 17.9.